The van der Waals surface area contributed by atoms with Crippen LogP contribution in [-0.4, -0.2) is 34.4 Å². The number of methoxy groups -OCH3 is 1. The monoisotopic (exact) mass is 432 g/mol. The number of carbonyl (C=O) groups is 1. The molecule has 0 spiro atoms. The van der Waals surface area contributed by atoms with Crippen molar-refractivity contribution in [1.82, 2.24) is 14.9 Å². The lowest BCUT2D eigenvalue weighted by Gasteiger charge is -2.55. The van der Waals surface area contributed by atoms with Gasteiger partial charge in [0.25, 0.3) is 0 Å². The van der Waals surface area contributed by atoms with Gasteiger partial charge in [-0.3, -0.25) is 9.69 Å². The third-order valence-electron chi connectivity index (χ3n) is 8.40. The highest BCUT2D eigenvalue weighted by molar-refractivity contribution is 5.95. The molecule has 5 aliphatic rings. The summed E-state index contributed by atoms with van der Waals surface area (Å²) in [5, 5.41) is 3.28. The number of aromatic nitrogens is 2. The van der Waals surface area contributed by atoms with Gasteiger partial charge in [-0.05, 0) is 80.4 Å². The van der Waals surface area contributed by atoms with E-state index < -0.39 is 0 Å². The summed E-state index contributed by atoms with van der Waals surface area (Å²) < 4.78 is 5.26. The summed E-state index contributed by atoms with van der Waals surface area (Å²) >= 11 is 0. The van der Waals surface area contributed by atoms with Crippen LogP contribution >= 0.6 is 0 Å². The summed E-state index contributed by atoms with van der Waals surface area (Å²) in [6.07, 6.45) is 9.75. The fourth-order valence-electron chi connectivity index (χ4n) is 7.27. The second-order valence-corrected chi connectivity index (χ2v) is 10.6. The van der Waals surface area contributed by atoms with Crippen LogP contribution in [-0.2, 0) is 24.3 Å². The number of hydrogen-bond acceptors (Lipinski definition) is 5. The van der Waals surface area contributed by atoms with Gasteiger partial charge in [-0.2, -0.15) is 0 Å². The fourth-order valence-corrected chi connectivity index (χ4v) is 7.27. The number of anilines is 1. The number of hydrogen-bond donors (Lipinski definition) is 1. The molecule has 1 aromatic heterocycles. The van der Waals surface area contributed by atoms with E-state index in [1.54, 1.807) is 13.4 Å². The average molecular weight is 433 g/mol. The van der Waals surface area contributed by atoms with Gasteiger partial charge in [0.15, 0.2) is 0 Å². The Morgan fingerprint density at radius 2 is 1.78 bits per heavy atom. The quantitative estimate of drug-likeness (QED) is 0.767. The zero-order valence-corrected chi connectivity index (χ0v) is 18.8. The van der Waals surface area contributed by atoms with Crippen LogP contribution in [0.25, 0.3) is 0 Å². The van der Waals surface area contributed by atoms with Crippen LogP contribution in [0.2, 0.25) is 0 Å². The number of benzene rings is 1. The molecule has 1 aliphatic heterocycles. The topological polar surface area (TPSA) is 67.3 Å². The highest BCUT2D eigenvalue weighted by atomic mass is 16.5. The Balaban J connectivity index is 1.16. The predicted molar refractivity (Wildman–Crippen MR) is 122 cm³/mol. The minimum atomic E-state index is -0.151. The molecule has 168 valence electrons. The Hall–Kier alpha value is -2.47. The van der Waals surface area contributed by atoms with Crippen molar-refractivity contribution in [1.29, 1.82) is 0 Å². The number of nitrogens with zero attached hydrogens (tertiary/aromatic N) is 3. The van der Waals surface area contributed by atoms with Crippen LogP contribution in [0.15, 0.2) is 30.6 Å². The summed E-state index contributed by atoms with van der Waals surface area (Å²) in [5.41, 5.74) is 3.28. The van der Waals surface area contributed by atoms with Crippen molar-refractivity contribution in [3.63, 3.8) is 0 Å². The van der Waals surface area contributed by atoms with E-state index in [0.717, 1.165) is 85.9 Å². The fraction of sp³-hybridized carbons (Fsp3) is 0.577. The van der Waals surface area contributed by atoms with E-state index >= 15 is 0 Å². The number of carbonyl (C=O) groups excluding carboxylic acids is 1. The van der Waals surface area contributed by atoms with Crippen LogP contribution in [0.4, 0.5) is 5.82 Å². The van der Waals surface area contributed by atoms with Gasteiger partial charge in [0.05, 0.1) is 18.2 Å². The van der Waals surface area contributed by atoms with Gasteiger partial charge in [-0.15, -0.1) is 0 Å². The number of ether oxygens (including phenoxy) is 1. The first kappa shape index (κ1) is 20.2. The molecule has 1 aromatic carbocycles. The number of rotatable bonds is 5. The lowest BCUT2D eigenvalue weighted by molar-refractivity contribution is -0.140. The highest BCUT2D eigenvalue weighted by Crippen LogP contribution is 2.60. The normalized spacial score (nSPS) is 30.7. The summed E-state index contributed by atoms with van der Waals surface area (Å²) in [4.78, 5) is 25.0. The van der Waals surface area contributed by atoms with Gasteiger partial charge in [0, 0.05) is 25.2 Å². The maximum atomic E-state index is 13.5. The zero-order valence-electron chi connectivity index (χ0n) is 18.8. The van der Waals surface area contributed by atoms with E-state index in [1.807, 2.05) is 12.1 Å². The molecule has 4 bridgehead atoms. The van der Waals surface area contributed by atoms with Gasteiger partial charge in [0.2, 0.25) is 5.91 Å². The van der Waals surface area contributed by atoms with Crippen LogP contribution < -0.4 is 10.1 Å². The number of nitrogens with one attached hydrogen (secondary N) is 1. The van der Waals surface area contributed by atoms with Gasteiger partial charge < -0.3 is 10.1 Å². The van der Waals surface area contributed by atoms with Crippen LogP contribution in [0.5, 0.6) is 5.75 Å². The van der Waals surface area contributed by atoms with Crippen LogP contribution in [0, 0.1) is 23.2 Å². The minimum absolute atomic E-state index is 0.151. The molecule has 32 heavy (non-hydrogen) atoms. The Labute approximate surface area is 189 Å². The van der Waals surface area contributed by atoms with Crippen molar-refractivity contribution in [3.05, 3.63) is 47.4 Å². The molecule has 6 nitrogen and oxygen atoms in total. The Morgan fingerprint density at radius 3 is 2.44 bits per heavy atom. The Kier molecular flexibility index (Phi) is 4.94. The first-order chi connectivity index (χ1) is 15.6. The molecule has 0 saturated heterocycles. The second-order valence-electron chi connectivity index (χ2n) is 10.6. The summed E-state index contributed by atoms with van der Waals surface area (Å²) in [6.45, 7) is 2.60. The molecule has 1 amide bonds. The molecule has 4 fully saturated rings. The van der Waals surface area contributed by atoms with Gasteiger partial charge in [0.1, 0.15) is 17.9 Å². The molecule has 4 aliphatic carbocycles. The summed E-state index contributed by atoms with van der Waals surface area (Å²) in [7, 11) is 1.69. The van der Waals surface area contributed by atoms with E-state index in [-0.39, 0.29) is 11.3 Å². The van der Waals surface area contributed by atoms with Crippen molar-refractivity contribution in [3.8, 4) is 5.75 Å². The van der Waals surface area contributed by atoms with E-state index in [9.17, 15) is 4.79 Å². The third kappa shape index (κ3) is 3.58. The zero-order chi connectivity index (χ0) is 21.7. The Morgan fingerprint density at radius 1 is 1.09 bits per heavy atom. The van der Waals surface area contributed by atoms with Crippen LogP contribution in [0.3, 0.4) is 0 Å². The highest BCUT2D eigenvalue weighted by Gasteiger charge is 2.54. The molecular formula is C26H32N4O2. The van der Waals surface area contributed by atoms with Crippen molar-refractivity contribution in [2.24, 2.45) is 23.2 Å². The average Bonchev–Trinajstić information content (AvgIpc) is 2.79. The molecule has 4 saturated carbocycles. The Bertz CT molecular complexity index is 984. The first-order valence-corrected chi connectivity index (χ1v) is 12.1. The molecule has 0 atom stereocenters. The van der Waals surface area contributed by atoms with Gasteiger partial charge in [-0.25, -0.2) is 9.97 Å². The van der Waals surface area contributed by atoms with E-state index in [1.165, 1.54) is 24.8 Å². The van der Waals surface area contributed by atoms with Gasteiger partial charge in [-0.1, -0.05) is 12.1 Å². The molecule has 7 rings (SSSR count). The second kappa shape index (κ2) is 7.84. The van der Waals surface area contributed by atoms with E-state index in [4.69, 9.17) is 4.74 Å². The largest absolute Gasteiger partial charge is 0.497 e. The van der Waals surface area contributed by atoms with Crippen molar-refractivity contribution in [2.45, 2.75) is 58.0 Å². The molecule has 0 radical (unpaired) electrons. The van der Waals surface area contributed by atoms with Crippen LogP contribution in [0.1, 0.15) is 55.3 Å². The van der Waals surface area contributed by atoms with E-state index in [2.05, 4.69) is 32.3 Å². The molecule has 2 aromatic rings. The first-order valence-electron chi connectivity index (χ1n) is 12.1. The molecule has 6 heteroatoms. The van der Waals surface area contributed by atoms with Crippen molar-refractivity contribution < 1.29 is 9.53 Å². The summed E-state index contributed by atoms with van der Waals surface area (Å²) in [5.74, 6) is 4.14. The SMILES string of the molecule is COc1ccc(CN2CCc3c(ncnc3NC(=O)C34CC5CC(CC(C5)C3)C4)C2)cc1. The number of fused-ring (bicyclic) bond motifs is 1. The standard InChI is InChI=1S/C26H32N4O2/c1-32-21-4-2-17(3-5-21)14-30-7-6-22-23(15-30)27-16-28-24(22)29-25(31)26-11-18-8-19(12-26)10-20(9-18)13-26/h2-5,16,18-20H,6-15H2,1H3,(H,27,28,29,31). The van der Waals surface area contributed by atoms with Crippen molar-refractivity contribution >= 4 is 11.7 Å². The van der Waals surface area contributed by atoms with Gasteiger partial charge >= 0.3 is 0 Å². The summed E-state index contributed by atoms with van der Waals surface area (Å²) in [6, 6.07) is 8.25. The lowest BCUT2D eigenvalue weighted by atomic mass is 9.49. The third-order valence-corrected chi connectivity index (χ3v) is 8.40. The molecule has 0 unspecified atom stereocenters. The van der Waals surface area contributed by atoms with E-state index in [0.29, 0.717) is 0 Å². The maximum Gasteiger partial charge on any atom is 0.231 e. The van der Waals surface area contributed by atoms with Crippen molar-refractivity contribution in [2.75, 3.05) is 19.0 Å². The minimum Gasteiger partial charge on any atom is -0.497 e. The molecular weight excluding hydrogens is 400 g/mol. The molecule has 1 N–H and O–H groups in total. The molecule has 2 heterocycles. The lowest BCUT2D eigenvalue weighted by Crippen LogP contribution is -2.52. The maximum absolute atomic E-state index is 13.5. The number of amides is 1. The predicted octanol–water partition coefficient (Wildman–Crippen LogP) is 4.20. The smallest absolute Gasteiger partial charge is 0.231 e.